The van der Waals surface area contributed by atoms with Crippen LogP contribution in [0.3, 0.4) is 0 Å². The molecule has 3 aromatic carbocycles. The predicted molar refractivity (Wildman–Crippen MR) is 128 cm³/mol. The molecule has 4 aromatic rings. The summed E-state index contributed by atoms with van der Waals surface area (Å²) >= 11 is 6.08. The van der Waals surface area contributed by atoms with Gasteiger partial charge in [-0.1, -0.05) is 29.8 Å². The van der Waals surface area contributed by atoms with Crippen LogP contribution in [-0.2, 0) is 6.42 Å². The zero-order valence-corrected chi connectivity index (χ0v) is 18.2. The van der Waals surface area contributed by atoms with Gasteiger partial charge in [-0.2, -0.15) is 0 Å². The number of carbonyl (C=O) groups is 2. The van der Waals surface area contributed by atoms with Crippen LogP contribution in [0.2, 0.25) is 5.02 Å². The van der Waals surface area contributed by atoms with Gasteiger partial charge in [-0.05, 0) is 73.5 Å². The van der Waals surface area contributed by atoms with Gasteiger partial charge in [0.25, 0.3) is 11.8 Å². The lowest BCUT2D eigenvalue weighted by atomic mass is 10.1. The molecule has 5 rings (SSSR count). The number of aryl methyl sites for hydroxylation is 1. The molecule has 1 aliphatic rings. The van der Waals surface area contributed by atoms with E-state index in [0.29, 0.717) is 34.1 Å². The first-order valence-corrected chi connectivity index (χ1v) is 10.8. The van der Waals surface area contributed by atoms with E-state index < -0.39 is 0 Å². The lowest BCUT2D eigenvalue weighted by molar-refractivity contribution is 0.0988. The third kappa shape index (κ3) is 3.72. The van der Waals surface area contributed by atoms with Crippen molar-refractivity contribution in [3.63, 3.8) is 0 Å². The van der Waals surface area contributed by atoms with Crippen molar-refractivity contribution in [3.05, 3.63) is 100 Å². The molecule has 1 N–H and O–H groups in total. The molecule has 0 saturated carbocycles. The Morgan fingerprint density at radius 2 is 1.78 bits per heavy atom. The Morgan fingerprint density at radius 1 is 1.00 bits per heavy atom. The molecule has 5 nitrogen and oxygen atoms in total. The Bertz CT molecular complexity index is 1370. The molecule has 0 fully saturated rings. The van der Waals surface area contributed by atoms with Crippen molar-refractivity contribution in [2.24, 2.45) is 0 Å². The number of fused-ring (bicyclic) bond motifs is 2. The number of nitrogens with zero attached hydrogens (tertiary/aromatic N) is 2. The minimum absolute atomic E-state index is 0.0423. The van der Waals surface area contributed by atoms with Crippen LogP contribution in [-0.4, -0.2) is 23.3 Å². The summed E-state index contributed by atoms with van der Waals surface area (Å²) in [7, 11) is 0. The van der Waals surface area contributed by atoms with Crippen LogP contribution in [0.25, 0.3) is 10.9 Å². The molecule has 2 amide bonds. The van der Waals surface area contributed by atoms with Gasteiger partial charge in [-0.15, -0.1) is 0 Å². The molecule has 0 bridgehead atoms. The summed E-state index contributed by atoms with van der Waals surface area (Å²) in [5.41, 5.74) is 5.25. The van der Waals surface area contributed by atoms with E-state index in [1.54, 1.807) is 54.3 Å². The number of carbonyl (C=O) groups excluding carboxylic acids is 2. The second-order valence-electron chi connectivity index (χ2n) is 7.83. The van der Waals surface area contributed by atoms with E-state index in [1.807, 2.05) is 24.3 Å². The van der Waals surface area contributed by atoms with E-state index in [0.717, 1.165) is 23.0 Å². The highest BCUT2D eigenvalue weighted by molar-refractivity contribution is 6.31. The van der Waals surface area contributed by atoms with Crippen molar-refractivity contribution >= 4 is 45.7 Å². The van der Waals surface area contributed by atoms with Crippen LogP contribution >= 0.6 is 11.6 Å². The SMILES string of the molecule is Cc1nc2ccc(Cl)cc2cc1C(=O)Nc1ccc(C(=O)N2CCc3ccccc32)cc1. The Hall–Kier alpha value is -3.70. The maximum atomic E-state index is 13.0. The number of nitrogens with one attached hydrogen (secondary N) is 1. The molecule has 0 radical (unpaired) electrons. The lowest BCUT2D eigenvalue weighted by Crippen LogP contribution is -2.28. The van der Waals surface area contributed by atoms with Crippen LogP contribution in [0, 0.1) is 6.92 Å². The van der Waals surface area contributed by atoms with Crippen LogP contribution in [0.15, 0.2) is 72.8 Å². The number of aromatic nitrogens is 1. The summed E-state index contributed by atoms with van der Waals surface area (Å²) in [4.78, 5) is 32.2. The van der Waals surface area contributed by atoms with E-state index in [2.05, 4.69) is 16.4 Å². The van der Waals surface area contributed by atoms with Crippen LogP contribution in [0.5, 0.6) is 0 Å². The van der Waals surface area contributed by atoms with Gasteiger partial charge in [0, 0.05) is 33.9 Å². The monoisotopic (exact) mass is 441 g/mol. The highest BCUT2D eigenvalue weighted by Crippen LogP contribution is 2.29. The number of anilines is 2. The van der Waals surface area contributed by atoms with E-state index in [4.69, 9.17) is 11.6 Å². The third-order valence-corrected chi connectivity index (χ3v) is 5.97. The van der Waals surface area contributed by atoms with E-state index in [9.17, 15) is 9.59 Å². The number of para-hydroxylation sites is 1. The number of pyridine rings is 1. The lowest BCUT2D eigenvalue weighted by Gasteiger charge is -2.17. The standard InChI is InChI=1S/C26H20ClN3O2/c1-16-22(15-19-14-20(27)8-11-23(19)28-16)25(31)29-21-9-6-18(7-10-21)26(32)30-13-12-17-4-2-3-5-24(17)30/h2-11,14-15H,12-13H2,1H3,(H,29,31). The Kier molecular flexibility index (Phi) is 5.11. The molecule has 1 aromatic heterocycles. The zero-order chi connectivity index (χ0) is 22.2. The highest BCUT2D eigenvalue weighted by atomic mass is 35.5. The van der Waals surface area contributed by atoms with Crippen LogP contribution < -0.4 is 10.2 Å². The molecule has 6 heteroatoms. The summed E-state index contributed by atoms with van der Waals surface area (Å²) in [5, 5.41) is 4.29. The molecule has 0 saturated heterocycles. The summed E-state index contributed by atoms with van der Waals surface area (Å²) in [6.45, 7) is 2.48. The van der Waals surface area contributed by atoms with Crippen LogP contribution in [0.4, 0.5) is 11.4 Å². The largest absolute Gasteiger partial charge is 0.322 e. The molecule has 0 unspecified atom stereocenters. The average Bonchev–Trinajstić information content (AvgIpc) is 3.23. The second-order valence-corrected chi connectivity index (χ2v) is 8.26. The molecular weight excluding hydrogens is 422 g/mol. The molecule has 0 spiro atoms. The number of hydrogen-bond acceptors (Lipinski definition) is 3. The number of amides is 2. The van der Waals surface area contributed by atoms with Gasteiger partial charge >= 0.3 is 0 Å². The summed E-state index contributed by atoms with van der Waals surface area (Å²) in [6, 6.07) is 22.1. The van der Waals surface area contributed by atoms with E-state index >= 15 is 0 Å². The van der Waals surface area contributed by atoms with Gasteiger partial charge in [-0.25, -0.2) is 0 Å². The van der Waals surface area contributed by atoms with Crippen molar-refractivity contribution < 1.29 is 9.59 Å². The summed E-state index contributed by atoms with van der Waals surface area (Å²) in [5.74, 6) is -0.302. The van der Waals surface area contributed by atoms with Crippen molar-refractivity contribution in [1.82, 2.24) is 4.98 Å². The molecule has 0 aliphatic carbocycles. The fourth-order valence-electron chi connectivity index (χ4n) is 4.07. The molecular formula is C26H20ClN3O2. The minimum Gasteiger partial charge on any atom is -0.322 e. The Morgan fingerprint density at radius 3 is 2.59 bits per heavy atom. The average molecular weight is 442 g/mol. The number of hydrogen-bond donors (Lipinski definition) is 1. The minimum atomic E-state index is -0.260. The number of halogens is 1. The van der Waals surface area contributed by atoms with Crippen molar-refractivity contribution in [3.8, 4) is 0 Å². The zero-order valence-electron chi connectivity index (χ0n) is 17.4. The van der Waals surface area contributed by atoms with Gasteiger partial charge < -0.3 is 10.2 Å². The first kappa shape index (κ1) is 20.2. The first-order valence-electron chi connectivity index (χ1n) is 10.4. The Labute approximate surface area is 190 Å². The predicted octanol–water partition coefficient (Wildman–Crippen LogP) is 5.65. The maximum absolute atomic E-state index is 13.0. The molecule has 2 heterocycles. The molecule has 1 aliphatic heterocycles. The van der Waals surface area contributed by atoms with Gasteiger partial charge in [0.1, 0.15) is 0 Å². The molecule has 32 heavy (non-hydrogen) atoms. The normalized spacial score (nSPS) is 12.6. The van der Waals surface area contributed by atoms with Crippen LogP contribution in [0.1, 0.15) is 32.0 Å². The number of rotatable bonds is 3. The summed E-state index contributed by atoms with van der Waals surface area (Å²) in [6.07, 6.45) is 0.862. The molecule has 0 atom stereocenters. The maximum Gasteiger partial charge on any atom is 0.258 e. The second kappa shape index (κ2) is 8.09. The fraction of sp³-hybridized carbons (Fsp3) is 0.115. The highest BCUT2D eigenvalue weighted by Gasteiger charge is 2.25. The fourth-order valence-corrected chi connectivity index (χ4v) is 4.25. The smallest absolute Gasteiger partial charge is 0.258 e. The van der Waals surface area contributed by atoms with E-state index in [1.165, 1.54) is 5.56 Å². The van der Waals surface area contributed by atoms with Gasteiger partial charge in [0.05, 0.1) is 16.8 Å². The Balaban J connectivity index is 1.34. The van der Waals surface area contributed by atoms with Gasteiger partial charge in [0.2, 0.25) is 0 Å². The topological polar surface area (TPSA) is 62.3 Å². The summed E-state index contributed by atoms with van der Waals surface area (Å²) < 4.78 is 0. The van der Waals surface area contributed by atoms with Crippen molar-refractivity contribution in [2.45, 2.75) is 13.3 Å². The van der Waals surface area contributed by atoms with Gasteiger partial charge in [-0.3, -0.25) is 14.6 Å². The third-order valence-electron chi connectivity index (χ3n) is 5.73. The van der Waals surface area contributed by atoms with E-state index in [-0.39, 0.29) is 11.8 Å². The number of benzene rings is 3. The van der Waals surface area contributed by atoms with Crippen molar-refractivity contribution in [2.75, 3.05) is 16.8 Å². The molecule has 158 valence electrons. The van der Waals surface area contributed by atoms with Crippen molar-refractivity contribution in [1.29, 1.82) is 0 Å². The van der Waals surface area contributed by atoms with Gasteiger partial charge in [0.15, 0.2) is 0 Å². The first-order chi connectivity index (χ1) is 15.5. The quantitative estimate of drug-likeness (QED) is 0.446.